The first-order valence-corrected chi connectivity index (χ1v) is 8.59. The zero-order valence-corrected chi connectivity index (χ0v) is 12.9. The van der Waals surface area contributed by atoms with Gasteiger partial charge in [-0.1, -0.05) is 17.7 Å². The lowest BCUT2D eigenvalue weighted by Crippen LogP contribution is -2.37. The molecule has 1 aromatic heterocycles. The number of hydrogen-bond donors (Lipinski definition) is 0. The number of pyridine rings is 1. The molecular formula is C12H15ClN2O5S. The van der Waals surface area contributed by atoms with Crippen molar-refractivity contribution >= 4 is 21.7 Å². The quantitative estimate of drug-likeness (QED) is 0.361. The SMILES string of the molecule is CS(=O)(=O)O[C@@H]1CC[C@@H]([N+](=O)[O-])[C@H](c2ccc(Cl)nc2)C1. The Bertz CT molecular complexity index is 619. The largest absolute Gasteiger partial charge is 0.267 e. The Morgan fingerprint density at radius 3 is 2.67 bits per heavy atom. The fraction of sp³-hybridized carbons (Fsp3) is 0.583. The summed E-state index contributed by atoms with van der Waals surface area (Å²) >= 11 is 5.72. The van der Waals surface area contributed by atoms with Gasteiger partial charge in [0.05, 0.1) is 18.3 Å². The van der Waals surface area contributed by atoms with Crippen molar-refractivity contribution in [1.82, 2.24) is 4.98 Å². The van der Waals surface area contributed by atoms with Crippen LogP contribution in [0.5, 0.6) is 0 Å². The summed E-state index contributed by atoms with van der Waals surface area (Å²) in [6, 6.07) is 2.47. The Morgan fingerprint density at radius 2 is 2.14 bits per heavy atom. The van der Waals surface area contributed by atoms with E-state index in [1.54, 1.807) is 12.1 Å². The number of halogens is 1. The Balaban J connectivity index is 2.23. The van der Waals surface area contributed by atoms with E-state index in [1.165, 1.54) is 6.20 Å². The van der Waals surface area contributed by atoms with Crippen molar-refractivity contribution in [1.29, 1.82) is 0 Å². The first kappa shape index (κ1) is 16.1. The summed E-state index contributed by atoms with van der Waals surface area (Å²) in [7, 11) is -3.58. The molecule has 1 aromatic rings. The molecule has 1 heterocycles. The van der Waals surface area contributed by atoms with Gasteiger partial charge in [-0.15, -0.1) is 0 Å². The van der Waals surface area contributed by atoms with Crippen molar-refractivity contribution in [3.8, 4) is 0 Å². The third-order valence-electron chi connectivity index (χ3n) is 3.53. The van der Waals surface area contributed by atoms with E-state index in [0.717, 1.165) is 6.26 Å². The van der Waals surface area contributed by atoms with E-state index in [9.17, 15) is 18.5 Å². The lowest BCUT2D eigenvalue weighted by Gasteiger charge is -2.30. The summed E-state index contributed by atoms with van der Waals surface area (Å²) in [6.07, 6.45) is 2.80. The first-order chi connectivity index (χ1) is 9.76. The van der Waals surface area contributed by atoms with Crippen LogP contribution in [0.4, 0.5) is 0 Å². The highest BCUT2D eigenvalue weighted by Crippen LogP contribution is 2.36. The molecule has 1 fully saturated rings. The van der Waals surface area contributed by atoms with Gasteiger partial charge >= 0.3 is 0 Å². The molecule has 116 valence electrons. The van der Waals surface area contributed by atoms with Crippen LogP contribution in [-0.4, -0.2) is 36.7 Å². The summed E-state index contributed by atoms with van der Waals surface area (Å²) in [5.41, 5.74) is 0.669. The van der Waals surface area contributed by atoms with Gasteiger partial charge in [-0.25, -0.2) is 4.98 Å². The molecule has 0 unspecified atom stereocenters. The molecule has 0 amide bonds. The number of nitro groups is 1. The average Bonchev–Trinajstić information content (AvgIpc) is 2.37. The smallest absolute Gasteiger partial charge is 0.264 e. The van der Waals surface area contributed by atoms with Crippen molar-refractivity contribution in [3.05, 3.63) is 39.2 Å². The van der Waals surface area contributed by atoms with Crippen molar-refractivity contribution in [3.63, 3.8) is 0 Å². The van der Waals surface area contributed by atoms with Crippen molar-refractivity contribution < 1.29 is 17.5 Å². The van der Waals surface area contributed by atoms with Gasteiger partial charge in [0.1, 0.15) is 5.15 Å². The van der Waals surface area contributed by atoms with E-state index in [0.29, 0.717) is 17.1 Å². The Morgan fingerprint density at radius 1 is 1.43 bits per heavy atom. The molecule has 1 aliphatic carbocycles. The van der Waals surface area contributed by atoms with Gasteiger partial charge in [-0.2, -0.15) is 8.42 Å². The van der Waals surface area contributed by atoms with Gasteiger partial charge in [0.2, 0.25) is 6.04 Å². The number of aromatic nitrogens is 1. The molecule has 7 nitrogen and oxygen atoms in total. The second-order valence-electron chi connectivity index (χ2n) is 5.11. The highest BCUT2D eigenvalue weighted by atomic mass is 35.5. The Labute approximate surface area is 127 Å². The molecule has 0 radical (unpaired) electrons. The van der Waals surface area contributed by atoms with Crippen LogP contribution in [0.1, 0.15) is 30.7 Å². The van der Waals surface area contributed by atoms with E-state index in [-0.39, 0.29) is 17.8 Å². The number of nitrogens with zero attached hydrogens (tertiary/aromatic N) is 2. The van der Waals surface area contributed by atoms with Gasteiger partial charge in [0.25, 0.3) is 10.1 Å². The van der Waals surface area contributed by atoms with Crippen molar-refractivity contribution in [2.24, 2.45) is 0 Å². The predicted molar refractivity (Wildman–Crippen MR) is 76.3 cm³/mol. The fourth-order valence-electron chi connectivity index (χ4n) is 2.67. The molecule has 3 atom stereocenters. The van der Waals surface area contributed by atoms with Crippen LogP contribution in [0.25, 0.3) is 0 Å². The van der Waals surface area contributed by atoms with Crippen LogP contribution < -0.4 is 0 Å². The maximum absolute atomic E-state index is 11.2. The molecule has 1 aliphatic rings. The summed E-state index contributed by atoms with van der Waals surface area (Å²) in [5, 5.41) is 11.5. The zero-order chi connectivity index (χ0) is 15.6. The van der Waals surface area contributed by atoms with Crippen molar-refractivity contribution in [2.75, 3.05) is 6.26 Å². The maximum atomic E-state index is 11.2. The topological polar surface area (TPSA) is 99.4 Å². The molecule has 21 heavy (non-hydrogen) atoms. The van der Waals surface area contributed by atoms with Gasteiger partial charge in [0, 0.05) is 17.5 Å². The fourth-order valence-corrected chi connectivity index (χ4v) is 3.45. The molecule has 0 saturated heterocycles. The second kappa shape index (κ2) is 6.25. The van der Waals surface area contributed by atoms with Crippen LogP contribution >= 0.6 is 11.6 Å². The normalized spacial score (nSPS) is 26.5. The molecule has 0 bridgehead atoms. The zero-order valence-electron chi connectivity index (χ0n) is 11.3. The van der Waals surface area contributed by atoms with Crippen LogP contribution in [0, 0.1) is 10.1 Å². The molecule has 9 heteroatoms. The minimum Gasteiger partial charge on any atom is -0.267 e. The van der Waals surface area contributed by atoms with E-state index in [1.807, 2.05) is 0 Å². The number of rotatable bonds is 4. The predicted octanol–water partition coefficient (Wildman–Crippen LogP) is 1.99. The third kappa shape index (κ3) is 4.36. The lowest BCUT2D eigenvalue weighted by molar-refractivity contribution is -0.530. The molecule has 2 rings (SSSR count). The van der Waals surface area contributed by atoms with E-state index >= 15 is 0 Å². The van der Waals surface area contributed by atoms with Crippen LogP contribution in [-0.2, 0) is 14.3 Å². The number of hydrogen-bond acceptors (Lipinski definition) is 6. The highest BCUT2D eigenvalue weighted by molar-refractivity contribution is 7.86. The van der Waals surface area contributed by atoms with Crippen LogP contribution in [0.3, 0.4) is 0 Å². The minimum atomic E-state index is -3.58. The van der Waals surface area contributed by atoms with Crippen molar-refractivity contribution in [2.45, 2.75) is 37.3 Å². The van der Waals surface area contributed by atoms with Gasteiger partial charge in [-0.05, 0) is 24.5 Å². The maximum Gasteiger partial charge on any atom is 0.264 e. The molecule has 0 spiro atoms. The van der Waals surface area contributed by atoms with Gasteiger partial charge in [0.15, 0.2) is 0 Å². The standard InChI is InChI=1S/C12H15ClN2O5S/c1-21(18,19)20-9-3-4-11(15(16)17)10(6-9)8-2-5-12(13)14-7-8/h2,5,7,9-11H,3-4,6H2,1H3/t9-,10+,11-/m1/s1. The van der Waals surface area contributed by atoms with Crippen LogP contribution in [0.2, 0.25) is 5.15 Å². The average molecular weight is 335 g/mol. The lowest BCUT2D eigenvalue weighted by atomic mass is 9.79. The first-order valence-electron chi connectivity index (χ1n) is 6.39. The Hall–Kier alpha value is -1.25. The molecule has 0 aliphatic heterocycles. The Kier molecular flexibility index (Phi) is 4.80. The summed E-state index contributed by atoms with van der Waals surface area (Å²) in [4.78, 5) is 14.8. The molecule has 0 aromatic carbocycles. The van der Waals surface area contributed by atoms with Crippen LogP contribution in [0.15, 0.2) is 18.3 Å². The minimum absolute atomic E-state index is 0.264. The highest BCUT2D eigenvalue weighted by Gasteiger charge is 2.40. The molecular weight excluding hydrogens is 320 g/mol. The summed E-state index contributed by atoms with van der Waals surface area (Å²) in [5.74, 6) is -0.440. The third-order valence-corrected chi connectivity index (χ3v) is 4.37. The van der Waals surface area contributed by atoms with Gasteiger partial charge < -0.3 is 0 Å². The molecule has 0 N–H and O–H groups in total. The van der Waals surface area contributed by atoms with E-state index in [4.69, 9.17) is 15.8 Å². The van der Waals surface area contributed by atoms with Gasteiger partial charge in [-0.3, -0.25) is 14.3 Å². The molecule has 1 saturated carbocycles. The summed E-state index contributed by atoms with van der Waals surface area (Å²) in [6.45, 7) is 0. The van der Waals surface area contributed by atoms with E-state index in [2.05, 4.69) is 4.98 Å². The monoisotopic (exact) mass is 334 g/mol. The summed E-state index contributed by atoms with van der Waals surface area (Å²) < 4.78 is 27.4. The van der Waals surface area contributed by atoms with E-state index < -0.39 is 28.2 Å². The second-order valence-corrected chi connectivity index (χ2v) is 7.10.